The first-order valence-electron chi connectivity index (χ1n) is 4.13. The van der Waals surface area contributed by atoms with Crippen LogP contribution in [0, 0.1) is 6.92 Å². The van der Waals surface area contributed by atoms with Gasteiger partial charge >= 0.3 is 0 Å². The van der Waals surface area contributed by atoms with Gasteiger partial charge in [-0.1, -0.05) is 43.7 Å². The van der Waals surface area contributed by atoms with E-state index in [0.29, 0.717) is 0 Å². The molecule has 1 aromatic rings. The molecule has 0 unspecified atom stereocenters. The van der Waals surface area contributed by atoms with Crippen LogP contribution in [-0.4, -0.2) is 13.1 Å². The normalized spacial score (nSPS) is 7.00. The minimum atomic E-state index is 0.737. The Balaban J connectivity index is 0. The lowest BCUT2D eigenvalue weighted by molar-refractivity contribution is -0.0979. The van der Waals surface area contributed by atoms with E-state index in [4.69, 9.17) is 4.79 Å². The van der Waals surface area contributed by atoms with Crippen molar-refractivity contribution in [2.45, 2.75) is 20.8 Å². The van der Waals surface area contributed by atoms with Crippen molar-refractivity contribution in [3.8, 4) is 0 Å². The highest BCUT2D eigenvalue weighted by molar-refractivity contribution is 5.74. The van der Waals surface area contributed by atoms with Gasteiger partial charge < -0.3 is 4.79 Å². The summed E-state index contributed by atoms with van der Waals surface area (Å²) in [6.07, 6.45) is 0.847. The number of carbonyl (C=O) groups is 2. The molecule has 0 spiro atoms. The fraction of sp³-hybridized carbons (Fsp3) is 0.273. The molecule has 0 saturated carbocycles. The zero-order valence-electron chi connectivity index (χ0n) is 8.41. The van der Waals surface area contributed by atoms with Crippen molar-refractivity contribution in [2.75, 3.05) is 0 Å². The topological polar surface area (TPSA) is 34.1 Å². The third-order valence-corrected chi connectivity index (χ3v) is 1.21. The molecule has 0 N–H and O–H groups in total. The van der Waals surface area contributed by atoms with Crippen molar-refractivity contribution in [1.82, 2.24) is 0 Å². The van der Waals surface area contributed by atoms with Gasteiger partial charge in [-0.15, -0.1) is 0 Å². The van der Waals surface area contributed by atoms with Crippen LogP contribution >= 0.6 is 0 Å². The first-order valence-corrected chi connectivity index (χ1v) is 4.13. The van der Waals surface area contributed by atoms with E-state index in [-0.39, 0.29) is 0 Å². The second kappa shape index (κ2) is 10.6. The Labute approximate surface area is 79.6 Å². The SMILES string of the molecule is C=O.CC.Cc1ccc(C=O)cc1. The summed E-state index contributed by atoms with van der Waals surface area (Å²) in [6, 6.07) is 7.46. The molecular weight excluding hydrogens is 164 g/mol. The van der Waals surface area contributed by atoms with Gasteiger partial charge in [-0.05, 0) is 6.92 Å². The molecular formula is C11H16O2. The second-order valence-electron chi connectivity index (χ2n) is 2.03. The minimum absolute atomic E-state index is 0.737. The first-order chi connectivity index (χ1) is 6.33. The third-order valence-electron chi connectivity index (χ3n) is 1.21. The summed E-state index contributed by atoms with van der Waals surface area (Å²) in [7, 11) is 0. The smallest absolute Gasteiger partial charge is 0.150 e. The van der Waals surface area contributed by atoms with Crippen LogP contribution in [0.15, 0.2) is 24.3 Å². The van der Waals surface area contributed by atoms with Crippen LogP contribution in [0.1, 0.15) is 29.8 Å². The van der Waals surface area contributed by atoms with Crippen LogP contribution in [0.5, 0.6) is 0 Å². The van der Waals surface area contributed by atoms with Gasteiger partial charge in [0.25, 0.3) is 0 Å². The van der Waals surface area contributed by atoms with Crippen LogP contribution in [0.4, 0.5) is 0 Å². The molecule has 0 aromatic heterocycles. The molecule has 2 nitrogen and oxygen atoms in total. The largest absolute Gasteiger partial charge is 0.307 e. The van der Waals surface area contributed by atoms with Gasteiger partial charge in [0.1, 0.15) is 13.1 Å². The van der Waals surface area contributed by atoms with Gasteiger partial charge in [-0.25, -0.2) is 0 Å². The van der Waals surface area contributed by atoms with Crippen LogP contribution in [0.3, 0.4) is 0 Å². The molecule has 2 heteroatoms. The number of aryl methyl sites for hydroxylation is 1. The van der Waals surface area contributed by atoms with Crippen molar-refractivity contribution in [2.24, 2.45) is 0 Å². The van der Waals surface area contributed by atoms with Crippen LogP contribution < -0.4 is 0 Å². The van der Waals surface area contributed by atoms with E-state index >= 15 is 0 Å². The first kappa shape index (κ1) is 14.1. The maximum absolute atomic E-state index is 10.1. The molecule has 0 fully saturated rings. The van der Waals surface area contributed by atoms with Gasteiger partial charge in [0.15, 0.2) is 0 Å². The predicted octanol–water partition coefficient (Wildman–Crippen LogP) is 2.65. The Morgan fingerprint density at radius 2 is 1.46 bits per heavy atom. The van der Waals surface area contributed by atoms with Gasteiger partial charge in [-0.3, -0.25) is 4.79 Å². The van der Waals surface area contributed by atoms with E-state index in [1.54, 1.807) is 0 Å². The summed E-state index contributed by atoms with van der Waals surface area (Å²) in [5, 5.41) is 0. The van der Waals surface area contributed by atoms with Crippen molar-refractivity contribution >= 4 is 13.1 Å². The zero-order valence-corrected chi connectivity index (χ0v) is 8.41. The molecule has 0 aliphatic rings. The van der Waals surface area contributed by atoms with Crippen LogP contribution in [0.25, 0.3) is 0 Å². The Bertz CT molecular complexity index is 214. The summed E-state index contributed by atoms with van der Waals surface area (Å²) in [6.45, 7) is 7.99. The maximum atomic E-state index is 10.1. The van der Waals surface area contributed by atoms with E-state index in [1.165, 1.54) is 5.56 Å². The number of hydrogen-bond acceptors (Lipinski definition) is 2. The number of benzene rings is 1. The van der Waals surface area contributed by atoms with Gasteiger partial charge in [0, 0.05) is 5.56 Å². The highest BCUT2D eigenvalue weighted by Gasteiger charge is 1.85. The van der Waals surface area contributed by atoms with Crippen molar-refractivity contribution in [3.63, 3.8) is 0 Å². The standard InChI is InChI=1S/C8H8O.C2H6.CH2O/c1-7-2-4-8(6-9)5-3-7;2*1-2/h2-6H,1H3;1-2H3;1H2. The van der Waals surface area contributed by atoms with E-state index in [0.717, 1.165) is 11.8 Å². The maximum Gasteiger partial charge on any atom is 0.150 e. The van der Waals surface area contributed by atoms with Crippen molar-refractivity contribution < 1.29 is 9.59 Å². The molecule has 0 bridgehead atoms. The molecule has 0 aliphatic heterocycles. The lowest BCUT2D eigenvalue weighted by Crippen LogP contribution is -1.77. The summed E-state index contributed by atoms with van der Waals surface area (Å²) < 4.78 is 0. The number of hydrogen-bond donors (Lipinski definition) is 0. The lowest BCUT2D eigenvalue weighted by Gasteiger charge is -1.89. The summed E-state index contributed by atoms with van der Waals surface area (Å²) in [5.74, 6) is 0. The highest BCUT2D eigenvalue weighted by Crippen LogP contribution is 1.98. The summed E-state index contributed by atoms with van der Waals surface area (Å²) in [5.41, 5.74) is 1.92. The van der Waals surface area contributed by atoms with E-state index in [1.807, 2.05) is 51.8 Å². The van der Waals surface area contributed by atoms with Crippen LogP contribution in [-0.2, 0) is 4.79 Å². The Morgan fingerprint density at radius 1 is 1.08 bits per heavy atom. The van der Waals surface area contributed by atoms with Gasteiger partial charge in [0.2, 0.25) is 0 Å². The molecule has 0 saturated heterocycles. The second-order valence-corrected chi connectivity index (χ2v) is 2.03. The molecule has 0 amide bonds. The Hall–Kier alpha value is -1.44. The van der Waals surface area contributed by atoms with Gasteiger partial charge in [0.05, 0.1) is 0 Å². The molecule has 0 radical (unpaired) electrons. The summed E-state index contributed by atoms with van der Waals surface area (Å²) >= 11 is 0. The monoisotopic (exact) mass is 180 g/mol. The number of rotatable bonds is 1. The van der Waals surface area contributed by atoms with E-state index < -0.39 is 0 Å². The third kappa shape index (κ3) is 6.94. The molecule has 1 aromatic carbocycles. The number of aldehydes is 1. The predicted molar refractivity (Wildman–Crippen MR) is 55.0 cm³/mol. The Morgan fingerprint density at radius 3 is 1.77 bits per heavy atom. The molecule has 0 atom stereocenters. The summed E-state index contributed by atoms with van der Waals surface area (Å²) in [4.78, 5) is 18.1. The molecule has 72 valence electrons. The quantitative estimate of drug-likeness (QED) is 0.622. The molecule has 0 heterocycles. The fourth-order valence-electron chi connectivity index (χ4n) is 0.645. The van der Waals surface area contributed by atoms with E-state index in [2.05, 4.69) is 0 Å². The average molecular weight is 180 g/mol. The van der Waals surface area contributed by atoms with Crippen molar-refractivity contribution in [3.05, 3.63) is 35.4 Å². The van der Waals surface area contributed by atoms with Crippen LogP contribution in [0.2, 0.25) is 0 Å². The lowest BCUT2D eigenvalue weighted by atomic mass is 10.2. The molecule has 13 heavy (non-hydrogen) atoms. The van der Waals surface area contributed by atoms with Gasteiger partial charge in [-0.2, -0.15) is 0 Å². The zero-order chi connectivity index (χ0) is 10.7. The average Bonchev–Trinajstić information content (AvgIpc) is 2.25. The molecule has 0 aliphatic carbocycles. The van der Waals surface area contributed by atoms with Crippen molar-refractivity contribution in [1.29, 1.82) is 0 Å². The highest BCUT2D eigenvalue weighted by atomic mass is 16.1. The van der Waals surface area contributed by atoms with E-state index in [9.17, 15) is 4.79 Å². The number of carbonyl (C=O) groups excluding carboxylic acids is 2. The minimum Gasteiger partial charge on any atom is -0.307 e. The fourth-order valence-corrected chi connectivity index (χ4v) is 0.645. The Kier molecular flexibility index (Phi) is 11.5. The molecule has 1 rings (SSSR count).